The number of hydrogen-bond donors (Lipinski definition) is 1. The van der Waals surface area contributed by atoms with Crippen LogP contribution in [0, 0.1) is 0 Å². The molecule has 0 unspecified atom stereocenters. The van der Waals surface area contributed by atoms with E-state index >= 15 is 0 Å². The molecule has 0 saturated carbocycles. The number of aryl methyl sites for hydroxylation is 1. The summed E-state index contributed by atoms with van der Waals surface area (Å²) < 4.78 is 0. The van der Waals surface area contributed by atoms with Gasteiger partial charge in [0, 0.05) is 25.6 Å². The number of nitrogens with two attached hydrogens (primary N) is 1. The molecule has 1 aromatic rings. The van der Waals surface area contributed by atoms with Gasteiger partial charge in [0.25, 0.3) is 0 Å². The van der Waals surface area contributed by atoms with Crippen molar-refractivity contribution in [2.24, 2.45) is 5.73 Å². The highest BCUT2D eigenvalue weighted by Gasteiger charge is 2.18. The quantitative estimate of drug-likeness (QED) is 0.855. The van der Waals surface area contributed by atoms with E-state index in [-0.39, 0.29) is 5.91 Å². The Hall–Kier alpha value is -1.35. The fourth-order valence-corrected chi connectivity index (χ4v) is 1.89. The molecule has 0 aromatic heterocycles. The highest BCUT2D eigenvalue weighted by Crippen LogP contribution is 2.09. The number of benzene rings is 1. The molecular formula is C16H26N2O. The van der Waals surface area contributed by atoms with E-state index in [1.54, 1.807) is 4.90 Å². The second-order valence-electron chi connectivity index (χ2n) is 5.90. The van der Waals surface area contributed by atoms with Crippen LogP contribution in [0.3, 0.4) is 0 Å². The molecule has 0 radical (unpaired) electrons. The van der Waals surface area contributed by atoms with Gasteiger partial charge in [0.2, 0.25) is 5.91 Å². The Morgan fingerprint density at radius 1 is 1.21 bits per heavy atom. The lowest BCUT2D eigenvalue weighted by Crippen LogP contribution is -2.40. The first-order valence-electron chi connectivity index (χ1n) is 6.92. The third-order valence-corrected chi connectivity index (χ3v) is 3.20. The number of carbonyl (C=O) groups excluding carboxylic acids is 1. The van der Waals surface area contributed by atoms with Gasteiger partial charge < -0.3 is 10.6 Å². The fraction of sp³-hybridized carbons (Fsp3) is 0.562. The molecule has 0 aliphatic carbocycles. The van der Waals surface area contributed by atoms with Crippen molar-refractivity contribution in [3.05, 3.63) is 35.4 Å². The maximum absolute atomic E-state index is 11.9. The molecule has 106 valence electrons. The smallest absolute Gasteiger partial charge is 0.224 e. The maximum Gasteiger partial charge on any atom is 0.224 e. The Morgan fingerprint density at radius 3 is 2.21 bits per heavy atom. The third kappa shape index (κ3) is 5.88. The molecule has 0 atom stereocenters. The lowest BCUT2D eigenvalue weighted by Gasteiger charge is -2.23. The Kier molecular flexibility index (Phi) is 5.55. The van der Waals surface area contributed by atoms with Crippen molar-refractivity contribution in [1.29, 1.82) is 0 Å². The van der Waals surface area contributed by atoms with Crippen molar-refractivity contribution in [3.8, 4) is 0 Å². The van der Waals surface area contributed by atoms with Gasteiger partial charge in [-0.3, -0.25) is 4.79 Å². The second kappa shape index (κ2) is 6.71. The van der Waals surface area contributed by atoms with Crippen LogP contribution in [0.5, 0.6) is 0 Å². The van der Waals surface area contributed by atoms with Gasteiger partial charge in [0.1, 0.15) is 0 Å². The van der Waals surface area contributed by atoms with E-state index in [4.69, 9.17) is 5.73 Å². The minimum Gasteiger partial charge on any atom is -0.345 e. The van der Waals surface area contributed by atoms with E-state index in [1.165, 1.54) is 11.1 Å². The topological polar surface area (TPSA) is 46.3 Å². The molecule has 0 bridgehead atoms. The molecular weight excluding hydrogens is 236 g/mol. The van der Waals surface area contributed by atoms with Crippen LogP contribution in [-0.4, -0.2) is 29.9 Å². The monoisotopic (exact) mass is 262 g/mol. The fourth-order valence-electron chi connectivity index (χ4n) is 1.89. The second-order valence-corrected chi connectivity index (χ2v) is 5.90. The van der Waals surface area contributed by atoms with E-state index in [1.807, 2.05) is 20.9 Å². The van der Waals surface area contributed by atoms with Crippen LogP contribution in [0.2, 0.25) is 0 Å². The van der Waals surface area contributed by atoms with Gasteiger partial charge in [-0.2, -0.15) is 0 Å². The van der Waals surface area contributed by atoms with E-state index in [2.05, 4.69) is 31.2 Å². The zero-order chi connectivity index (χ0) is 14.5. The molecule has 1 rings (SSSR count). The lowest BCUT2D eigenvalue weighted by molar-refractivity contribution is -0.130. The first kappa shape index (κ1) is 15.7. The zero-order valence-corrected chi connectivity index (χ0v) is 12.6. The Labute approximate surface area is 116 Å². The van der Waals surface area contributed by atoms with Crippen LogP contribution < -0.4 is 5.73 Å². The maximum atomic E-state index is 11.9. The van der Waals surface area contributed by atoms with Crippen LogP contribution in [0.1, 0.15) is 38.3 Å². The zero-order valence-electron chi connectivity index (χ0n) is 12.6. The summed E-state index contributed by atoms with van der Waals surface area (Å²) in [7, 11) is 1.84. The summed E-state index contributed by atoms with van der Waals surface area (Å²) in [5.41, 5.74) is 8.04. The van der Waals surface area contributed by atoms with Gasteiger partial charge in [-0.1, -0.05) is 31.2 Å². The number of hydrogen-bond acceptors (Lipinski definition) is 2. The molecule has 3 heteroatoms. The number of likely N-dealkylation sites (N-methyl/N-ethyl adjacent to an activating group) is 1. The number of nitrogens with zero attached hydrogens (tertiary/aromatic N) is 1. The summed E-state index contributed by atoms with van der Waals surface area (Å²) in [5, 5.41) is 0. The highest BCUT2D eigenvalue weighted by atomic mass is 16.2. The summed E-state index contributed by atoms with van der Waals surface area (Å²) in [6.45, 7) is 6.64. The molecule has 0 aliphatic rings. The Morgan fingerprint density at radius 2 is 1.74 bits per heavy atom. The minimum absolute atomic E-state index is 0.109. The first-order chi connectivity index (χ1) is 8.81. The van der Waals surface area contributed by atoms with Gasteiger partial charge in [0.15, 0.2) is 0 Å². The Bertz CT molecular complexity index is 404. The summed E-state index contributed by atoms with van der Waals surface area (Å²) >= 11 is 0. The SMILES string of the molecule is CCc1ccc(CCN(C)C(=O)CC(C)(C)N)cc1. The highest BCUT2D eigenvalue weighted by molar-refractivity contribution is 5.77. The van der Waals surface area contributed by atoms with Crippen molar-refractivity contribution in [1.82, 2.24) is 4.90 Å². The molecule has 0 heterocycles. The van der Waals surface area contributed by atoms with Crippen molar-refractivity contribution >= 4 is 5.91 Å². The summed E-state index contributed by atoms with van der Waals surface area (Å²) in [5.74, 6) is 0.109. The van der Waals surface area contributed by atoms with E-state index in [9.17, 15) is 4.79 Å². The number of carbonyl (C=O) groups is 1. The molecule has 19 heavy (non-hydrogen) atoms. The van der Waals surface area contributed by atoms with Crippen LogP contribution >= 0.6 is 0 Å². The van der Waals surface area contributed by atoms with Gasteiger partial charge in [0.05, 0.1) is 0 Å². The standard InChI is InChI=1S/C16H26N2O/c1-5-13-6-8-14(9-7-13)10-11-18(4)15(19)12-16(2,3)17/h6-9H,5,10-12,17H2,1-4H3. The summed E-state index contributed by atoms with van der Waals surface area (Å²) in [4.78, 5) is 13.7. The van der Waals surface area contributed by atoms with Crippen molar-refractivity contribution in [2.45, 2.75) is 45.6 Å². The van der Waals surface area contributed by atoms with E-state index < -0.39 is 5.54 Å². The molecule has 0 fully saturated rings. The number of amides is 1. The van der Waals surface area contributed by atoms with Crippen LogP contribution in [0.25, 0.3) is 0 Å². The lowest BCUT2D eigenvalue weighted by atomic mass is 10.0. The summed E-state index contributed by atoms with van der Waals surface area (Å²) in [6, 6.07) is 8.59. The predicted molar refractivity (Wildman–Crippen MR) is 80.0 cm³/mol. The summed E-state index contributed by atoms with van der Waals surface area (Å²) in [6.07, 6.45) is 2.33. The third-order valence-electron chi connectivity index (χ3n) is 3.20. The van der Waals surface area contributed by atoms with Crippen LogP contribution in [-0.2, 0) is 17.6 Å². The largest absolute Gasteiger partial charge is 0.345 e. The molecule has 0 saturated heterocycles. The van der Waals surface area contributed by atoms with Gasteiger partial charge >= 0.3 is 0 Å². The van der Waals surface area contributed by atoms with Gasteiger partial charge in [-0.05, 0) is 37.8 Å². The van der Waals surface area contributed by atoms with Gasteiger partial charge in [-0.25, -0.2) is 0 Å². The van der Waals surface area contributed by atoms with Crippen LogP contribution in [0.4, 0.5) is 0 Å². The molecule has 1 amide bonds. The Balaban J connectivity index is 2.44. The normalized spacial score (nSPS) is 11.4. The van der Waals surface area contributed by atoms with Gasteiger partial charge in [-0.15, -0.1) is 0 Å². The van der Waals surface area contributed by atoms with E-state index in [0.29, 0.717) is 6.42 Å². The van der Waals surface area contributed by atoms with Crippen LogP contribution in [0.15, 0.2) is 24.3 Å². The van der Waals surface area contributed by atoms with Crippen molar-refractivity contribution in [2.75, 3.05) is 13.6 Å². The minimum atomic E-state index is -0.436. The first-order valence-corrected chi connectivity index (χ1v) is 6.92. The molecule has 0 aliphatic heterocycles. The van der Waals surface area contributed by atoms with Crippen molar-refractivity contribution < 1.29 is 4.79 Å². The molecule has 0 spiro atoms. The predicted octanol–water partition coefficient (Wildman–Crippen LogP) is 2.38. The average molecular weight is 262 g/mol. The van der Waals surface area contributed by atoms with Crippen molar-refractivity contribution in [3.63, 3.8) is 0 Å². The van der Waals surface area contributed by atoms with E-state index in [0.717, 1.165) is 19.4 Å². The average Bonchev–Trinajstić information content (AvgIpc) is 2.34. The molecule has 2 N–H and O–H groups in total. The molecule has 3 nitrogen and oxygen atoms in total. The molecule has 1 aromatic carbocycles. The number of rotatable bonds is 6.